The highest BCUT2D eigenvalue weighted by molar-refractivity contribution is 5.84. The number of nitrogens with one attached hydrogen (secondary N) is 2. The number of hydrogen-bond acceptors (Lipinski definition) is 2. The van der Waals surface area contributed by atoms with Gasteiger partial charge in [0.2, 0.25) is 5.91 Å². The van der Waals surface area contributed by atoms with E-state index >= 15 is 0 Å². The van der Waals surface area contributed by atoms with Gasteiger partial charge in [-0.3, -0.25) is 4.79 Å². The Morgan fingerprint density at radius 1 is 1.17 bits per heavy atom. The van der Waals surface area contributed by atoms with Gasteiger partial charge in [-0.2, -0.15) is 0 Å². The first-order valence-corrected chi connectivity index (χ1v) is 8.23. The molecule has 24 heavy (non-hydrogen) atoms. The molecule has 1 aromatic heterocycles. The lowest BCUT2D eigenvalue weighted by Crippen LogP contribution is -2.28. The summed E-state index contributed by atoms with van der Waals surface area (Å²) < 4.78 is 5.63. The average molecular weight is 322 g/mol. The molecular formula is C20H22N2O2. The Balaban J connectivity index is 1.40. The van der Waals surface area contributed by atoms with E-state index < -0.39 is 0 Å². The highest BCUT2D eigenvalue weighted by atomic mass is 16.5. The van der Waals surface area contributed by atoms with Crippen LogP contribution in [0.1, 0.15) is 17.5 Å². The van der Waals surface area contributed by atoms with Gasteiger partial charge in [-0.1, -0.05) is 30.3 Å². The first kappa shape index (κ1) is 16.1. The van der Waals surface area contributed by atoms with Crippen molar-refractivity contribution >= 4 is 16.8 Å². The monoisotopic (exact) mass is 322 g/mol. The summed E-state index contributed by atoms with van der Waals surface area (Å²) in [4.78, 5) is 15.2. The van der Waals surface area contributed by atoms with Gasteiger partial charge in [-0.15, -0.1) is 0 Å². The number of H-pyrrole nitrogens is 1. The maximum atomic E-state index is 12.0. The van der Waals surface area contributed by atoms with E-state index in [4.69, 9.17) is 4.74 Å². The van der Waals surface area contributed by atoms with E-state index in [2.05, 4.69) is 16.4 Å². The van der Waals surface area contributed by atoms with Crippen LogP contribution >= 0.6 is 0 Å². The Kier molecular flexibility index (Phi) is 5.16. The molecule has 4 heteroatoms. The summed E-state index contributed by atoms with van der Waals surface area (Å²) in [6.07, 6.45) is 3.19. The molecule has 0 saturated heterocycles. The lowest BCUT2D eigenvalue weighted by Gasteiger charge is -2.08. The van der Waals surface area contributed by atoms with Crippen molar-refractivity contribution in [2.24, 2.45) is 0 Å². The maximum absolute atomic E-state index is 12.0. The van der Waals surface area contributed by atoms with Crippen molar-refractivity contribution in [2.75, 3.05) is 13.2 Å². The van der Waals surface area contributed by atoms with Gasteiger partial charge in [0.25, 0.3) is 0 Å². The Morgan fingerprint density at radius 2 is 2.04 bits per heavy atom. The lowest BCUT2D eigenvalue weighted by atomic mass is 10.1. The van der Waals surface area contributed by atoms with Crippen molar-refractivity contribution in [1.82, 2.24) is 10.3 Å². The van der Waals surface area contributed by atoms with Crippen LogP contribution in [0.25, 0.3) is 10.9 Å². The number of para-hydroxylation sites is 1. The molecule has 0 aliphatic carbocycles. The minimum absolute atomic E-state index is 0.0492. The second-order valence-electron chi connectivity index (χ2n) is 5.87. The van der Waals surface area contributed by atoms with Gasteiger partial charge in [0.15, 0.2) is 0 Å². The van der Waals surface area contributed by atoms with Gasteiger partial charge in [-0.05, 0) is 42.7 Å². The van der Waals surface area contributed by atoms with Crippen LogP contribution in [-0.4, -0.2) is 24.0 Å². The Labute approximate surface area is 141 Å². The normalized spacial score (nSPS) is 10.7. The zero-order chi connectivity index (χ0) is 16.8. The van der Waals surface area contributed by atoms with E-state index in [1.807, 2.05) is 55.6 Å². The zero-order valence-electron chi connectivity index (χ0n) is 13.8. The Morgan fingerprint density at radius 3 is 2.92 bits per heavy atom. The molecule has 1 amide bonds. The van der Waals surface area contributed by atoms with Crippen LogP contribution < -0.4 is 10.1 Å². The van der Waals surface area contributed by atoms with Crippen molar-refractivity contribution in [1.29, 1.82) is 0 Å². The topological polar surface area (TPSA) is 54.1 Å². The number of benzene rings is 2. The Bertz CT molecular complexity index is 823. The molecule has 3 rings (SSSR count). The molecule has 0 aliphatic rings. The summed E-state index contributed by atoms with van der Waals surface area (Å²) in [5.74, 6) is 0.885. The SMILES string of the molecule is Cc1cccc(OCCNC(=O)CCc2c[nH]c3ccccc23)c1. The molecule has 3 aromatic rings. The van der Waals surface area contributed by atoms with E-state index in [-0.39, 0.29) is 5.91 Å². The van der Waals surface area contributed by atoms with Crippen molar-refractivity contribution in [3.05, 3.63) is 65.9 Å². The third-order valence-electron chi connectivity index (χ3n) is 3.98. The molecule has 0 aliphatic heterocycles. The van der Waals surface area contributed by atoms with Crippen molar-refractivity contribution in [2.45, 2.75) is 19.8 Å². The first-order chi connectivity index (χ1) is 11.7. The van der Waals surface area contributed by atoms with Gasteiger partial charge in [0.05, 0.1) is 6.54 Å². The fourth-order valence-corrected chi connectivity index (χ4v) is 2.74. The van der Waals surface area contributed by atoms with Crippen LogP contribution in [0.3, 0.4) is 0 Å². The second kappa shape index (κ2) is 7.68. The predicted octanol–water partition coefficient (Wildman–Crippen LogP) is 3.60. The van der Waals surface area contributed by atoms with E-state index in [0.717, 1.165) is 23.3 Å². The van der Waals surface area contributed by atoms with Gasteiger partial charge in [0, 0.05) is 23.5 Å². The average Bonchev–Trinajstić information content (AvgIpc) is 3.00. The van der Waals surface area contributed by atoms with Gasteiger partial charge in [0.1, 0.15) is 12.4 Å². The molecule has 0 atom stereocenters. The molecule has 2 N–H and O–H groups in total. The molecular weight excluding hydrogens is 300 g/mol. The standard InChI is InChI=1S/C20H22N2O2/c1-15-5-4-6-17(13-15)24-12-11-21-20(23)10-9-16-14-22-19-8-3-2-7-18(16)19/h2-8,13-14,22H,9-12H2,1H3,(H,21,23). The predicted molar refractivity (Wildman–Crippen MR) is 96.3 cm³/mol. The van der Waals surface area contributed by atoms with Crippen LogP contribution in [0.2, 0.25) is 0 Å². The second-order valence-corrected chi connectivity index (χ2v) is 5.87. The quantitative estimate of drug-likeness (QED) is 0.653. The third kappa shape index (κ3) is 4.16. The van der Waals surface area contributed by atoms with Crippen molar-refractivity contribution < 1.29 is 9.53 Å². The first-order valence-electron chi connectivity index (χ1n) is 8.23. The number of aromatic nitrogens is 1. The summed E-state index contributed by atoms with van der Waals surface area (Å²) in [7, 11) is 0. The molecule has 0 unspecified atom stereocenters. The van der Waals surface area contributed by atoms with E-state index in [1.165, 1.54) is 10.9 Å². The molecule has 0 saturated carbocycles. The minimum Gasteiger partial charge on any atom is -0.492 e. The highest BCUT2D eigenvalue weighted by Gasteiger charge is 2.06. The number of ether oxygens (including phenoxy) is 1. The zero-order valence-corrected chi connectivity index (χ0v) is 13.8. The molecule has 0 fully saturated rings. The number of carbonyl (C=O) groups excluding carboxylic acids is 1. The van der Waals surface area contributed by atoms with Gasteiger partial charge in [-0.25, -0.2) is 0 Å². The minimum atomic E-state index is 0.0492. The van der Waals surface area contributed by atoms with Gasteiger partial charge < -0.3 is 15.0 Å². The summed E-state index contributed by atoms with van der Waals surface area (Å²) >= 11 is 0. The van der Waals surface area contributed by atoms with Crippen LogP contribution in [0, 0.1) is 6.92 Å². The number of aryl methyl sites for hydroxylation is 2. The number of rotatable bonds is 7. The molecule has 124 valence electrons. The summed E-state index contributed by atoms with van der Waals surface area (Å²) in [6.45, 7) is 3.02. The number of amides is 1. The van der Waals surface area contributed by atoms with Crippen molar-refractivity contribution in [3.63, 3.8) is 0 Å². The molecule has 4 nitrogen and oxygen atoms in total. The summed E-state index contributed by atoms with van der Waals surface area (Å²) in [5, 5.41) is 4.09. The highest BCUT2D eigenvalue weighted by Crippen LogP contribution is 2.18. The fraction of sp³-hybridized carbons (Fsp3) is 0.250. The van der Waals surface area contributed by atoms with Gasteiger partial charge >= 0.3 is 0 Å². The van der Waals surface area contributed by atoms with Crippen LogP contribution in [0.15, 0.2) is 54.7 Å². The van der Waals surface area contributed by atoms with E-state index in [1.54, 1.807) is 0 Å². The van der Waals surface area contributed by atoms with E-state index in [0.29, 0.717) is 19.6 Å². The number of fused-ring (bicyclic) bond motifs is 1. The lowest BCUT2D eigenvalue weighted by molar-refractivity contribution is -0.121. The fourth-order valence-electron chi connectivity index (χ4n) is 2.74. The maximum Gasteiger partial charge on any atom is 0.220 e. The third-order valence-corrected chi connectivity index (χ3v) is 3.98. The molecule has 0 spiro atoms. The molecule has 2 aromatic carbocycles. The summed E-state index contributed by atoms with van der Waals surface area (Å²) in [5.41, 5.74) is 3.45. The summed E-state index contributed by atoms with van der Waals surface area (Å²) in [6, 6.07) is 16.0. The van der Waals surface area contributed by atoms with E-state index in [9.17, 15) is 4.79 Å². The van der Waals surface area contributed by atoms with Crippen LogP contribution in [0.5, 0.6) is 5.75 Å². The number of hydrogen-bond donors (Lipinski definition) is 2. The van der Waals surface area contributed by atoms with Crippen LogP contribution in [0.4, 0.5) is 0 Å². The van der Waals surface area contributed by atoms with Crippen LogP contribution in [-0.2, 0) is 11.2 Å². The molecule has 1 heterocycles. The number of aromatic amines is 1. The van der Waals surface area contributed by atoms with Crippen molar-refractivity contribution in [3.8, 4) is 5.75 Å². The molecule has 0 bridgehead atoms. The smallest absolute Gasteiger partial charge is 0.220 e. The Hall–Kier alpha value is -2.75. The molecule has 0 radical (unpaired) electrons. The number of carbonyl (C=O) groups is 1. The largest absolute Gasteiger partial charge is 0.492 e.